The van der Waals surface area contributed by atoms with E-state index in [0.29, 0.717) is 35.4 Å². The molecule has 1 fully saturated rings. The summed E-state index contributed by atoms with van der Waals surface area (Å²) >= 11 is 5.92. The Bertz CT molecular complexity index is 1270. The number of nitrogens with zero attached hydrogens (tertiary/aromatic N) is 1. The monoisotopic (exact) mass is 571 g/mol. The second-order valence-corrected chi connectivity index (χ2v) is 10.2. The molecule has 7 nitrogen and oxygen atoms in total. The van der Waals surface area contributed by atoms with Gasteiger partial charge in [-0.2, -0.15) is 0 Å². The van der Waals surface area contributed by atoms with Gasteiger partial charge in [0.05, 0.1) is 12.2 Å². The van der Waals surface area contributed by atoms with Crippen LogP contribution in [0.15, 0.2) is 60.7 Å². The number of rotatable bonds is 8. The highest BCUT2D eigenvalue weighted by molar-refractivity contribution is 6.30. The number of hydrogen-bond donors (Lipinski definition) is 3. The number of ether oxygens (including phenoxy) is 1. The molecule has 1 aliphatic rings. The number of aryl methyl sites for hydroxylation is 1. The van der Waals surface area contributed by atoms with Crippen LogP contribution >= 0.6 is 11.6 Å². The fourth-order valence-electron chi connectivity index (χ4n) is 4.66. The fourth-order valence-corrected chi connectivity index (χ4v) is 4.78. The van der Waals surface area contributed by atoms with E-state index in [1.165, 1.54) is 30.3 Å². The third kappa shape index (κ3) is 8.52. The van der Waals surface area contributed by atoms with E-state index in [9.17, 15) is 24.2 Å². The normalized spacial score (nSPS) is 14.6. The number of esters is 1. The summed E-state index contributed by atoms with van der Waals surface area (Å²) in [6.45, 7) is 5.96. The average molecular weight is 572 g/mol. The lowest BCUT2D eigenvalue weighted by molar-refractivity contribution is -0.0260. The highest BCUT2D eigenvalue weighted by Gasteiger charge is 2.33. The van der Waals surface area contributed by atoms with E-state index >= 15 is 0 Å². The molecule has 0 unspecified atom stereocenters. The van der Waals surface area contributed by atoms with Crippen LogP contribution in [0.1, 0.15) is 64.4 Å². The Morgan fingerprint density at radius 1 is 1.02 bits per heavy atom. The topological polar surface area (TPSA) is 107 Å². The van der Waals surface area contributed by atoms with Gasteiger partial charge in [-0.15, -0.1) is 0 Å². The Labute approximate surface area is 238 Å². The lowest BCUT2D eigenvalue weighted by atomic mass is 9.84. The summed E-state index contributed by atoms with van der Waals surface area (Å²) in [5.41, 5.74) is 1.26. The SMILES string of the molecule is CCOC(=O)c1c(C)cc(O)cc1O.O=C(CCCN1CCC(O)(c2ccc(Cl)cc2)CC1)c1ccc(F)cc1. The van der Waals surface area contributed by atoms with Gasteiger partial charge in [0.25, 0.3) is 0 Å². The highest BCUT2D eigenvalue weighted by atomic mass is 35.5. The van der Waals surface area contributed by atoms with Crippen molar-refractivity contribution in [2.45, 2.75) is 45.1 Å². The third-order valence-electron chi connectivity index (χ3n) is 6.89. The van der Waals surface area contributed by atoms with Crippen LogP contribution in [0.3, 0.4) is 0 Å². The minimum Gasteiger partial charge on any atom is -0.508 e. The van der Waals surface area contributed by atoms with Crippen LogP contribution in [-0.2, 0) is 10.3 Å². The predicted molar refractivity (Wildman–Crippen MR) is 151 cm³/mol. The van der Waals surface area contributed by atoms with Gasteiger partial charge in [-0.25, -0.2) is 9.18 Å². The molecular formula is C31H35ClFNO6. The van der Waals surface area contributed by atoms with Crippen LogP contribution in [0.5, 0.6) is 11.5 Å². The van der Waals surface area contributed by atoms with Crippen molar-refractivity contribution in [3.8, 4) is 11.5 Å². The summed E-state index contributed by atoms with van der Waals surface area (Å²) in [4.78, 5) is 25.7. The summed E-state index contributed by atoms with van der Waals surface area (Å²) in [7, 11) is 0. The smallest absolute Gasteiger partial charge is 0.342 e. The fraction of sp³-hybridized carbons (Fsp3) is 0.355. The standard InChI is InChI=1S/C21H23ClFNO2.C10H12O4/c22-18-7-5-17(6-8-18)21(26)11-14-24(15-12-21)13-1-2-20(25)16-3-9-19(23)10-4-16;1-3-14-10(13)9-6(2)4-7(11)5-8(9)12/h3-10,26H,1-2,11-15H2;4-5,11-12H,3H2,1-2H3. The van der Waals surface area contributed by atoms with Crippen molar-refractivity contribution in [3.63, 3.8) is 0 Å². The molecule has 0 bridgehead atoms. The first-order valence-electron chi connectivity index (χ1n) is 13.2. The molecule has 0 spiro atoms. The maximum Gasteiger partial charge on any atom is 0.342 e. The van der Waals surface area contributed by atoms with E-state index in [-0.39, 0.29) is 35.3 Å². The van der Waals surface area contributed by atoms with Gasteiger partial charge in [0.15, 0.2) is 5.78 Å². The van der Waals surface area contributed by atoms with Crippen molar-refractivity contribution in [2.75, 3.05) is 26.2 Å². The van der Waals surface area contributed by atoms with E-state index < -0.39 is 11.6 Å². The zero-order valence-corrected chi connectivity index (χ0v) is 23.5. The molecule has 4 rings (SSSR count). The molecule has 1 heterocycles. The summed E-state index contributed by atoms with van der Waals surface area (Å²) in [6.07, 6.45) is 2.54. The number of phenols is 2. The number of halogens is 2. The molecule has 3 aromatic carbocycles. The first-order chi connectivity index (χ1) is 19.0. The maximum absolute atomic E-state index is 12.9. The molecule has 40 heavy (non-hydrogen) atoms. The molecular weight excluding hydrogens is 537 g/mol. The Morgan fingerprint density at radius 2 is 1.65 bits per heavy atom. The van der Waals surface area contributed by atoms with Crippen molar-refractivity contribution < 1.29 is 34.0 Å². The van der Waals surface area contributed by atoms with Gasteiger partial charge in [-0.05, 0) is 93.2 Å². The van der Waals surface area contributed by atoms with Gasteiger partial charge in [-0.3, -0.25) is 4.79 Å². The number of benzene rings is 3. The molecule has 214 valence electrons. The largest absolute Gasteiger partial charge is 0.508 e. The van der Waals surface area contributed by atoms with E-state index in [1.807, 2.05) is 24.3 Å². The molecule has 0 aliphatic carbocycles. The van der Waals surface area contributed by atoms with Crippen LogP contribution in [0.4, 0.5) is 4.39 Å². The zero-order valence-electron chi connectivity index (χ0n) is 22.7. The molecule has 0 atom stereocenters. The van der Waals surface area contributed by atoms with Gasteiger partial charge in [0.1, 0.15) is 22.9 Å². The minimum absolute atomic E-state index is 0.0414. The molecule has 0 amide bonds. The number of hydrogen-bond acceptors (Lipinski definition) is 7. The Morgan fingerprint density at radius 3 is 2.23 bits per heavy atom. The summed E-state index contributed by atoms with van der Waals surface area (Å²) in [6, 6.07) is 15.6. The second kappa shape index (κ2) is 14.3. The van der Waals surface area contributed by atoms with E-state index in [4.69, 9.17) is 21.4 Å². The van der Waals surface area contributed by atoms with Gasteiger partial charge in [0, 0.05) is 36.2 Å². The molecule has 0 radical (unpaired) electrons. The first kappa shape index (κ1) is 31.1. The molecule has 3 aromatic rings. The maximum atomic E-state index is 12.9. The highest BCUT2D eigenvalue weighted by Crippen LogP contribution is 2.33. The zero-order chi connectivity index (χ0) is 29.3. The quantitative estimate of drug-likeness (QED) is 0.224. The van der Waals surface area contributed by atoms with Crippen molar-refractivity contribution in [1.29, 1.82) is 0 Å². The number of carbonyl (C=O) groups excluding carboxylic acids is 2. The molecule has 3 N–H and O–H groups in total. The molecule has 9 heteroatoms. The van der Waals surface area contributed by atoms with Crippen LogP contribution in [0.25, 0.3) is 0 Å². The van der Waals surface area contributed by atoms with Crippen molar-refractivity contribution in [2.24, 2.45) is 0 Å². The van der Waals surface area contributed by atoms with Crippen molar-refractivity contribution in [3.05, 3.63) is 93.8 Å². The van der Waals surface area contributed by atoms with Gasteiger partial charge < -0.3 is 25.0 Å². The molecule has 1 saturated heterocycles. The van der Waals surface area contributed by atoms with Crippen LogP contribution in [0, 0.1) is 12.7 Å². The predicted octanol–water partition coefficient (Wildman–Crippen LogP) is 6.01. The number of ketones is 1. The molecule has 0 saturated carbocycles. The number of carbonyl (C=O) groups is 2. The average Bonchev–Trinajstić information content (AvgIpc) is 2.90. The summed E-state index contributed by atoms with van der Waals surface area (Å²) in [5.74, 6) is -1.21. The summed E-state index contributed by atoms with van der Waals surface area (Å²) in [5, 5.41) is 30.1. The van der Waals surface area contributed by atoms with E-state index in [0.717, 1.165) is 37.7 Å². The lowest BCUT2D eigenvalue weighted by Crippen LogP contribution is -2.42. The Kier molecular flexibility index (Phi) is 11.1. The Balaban J connectivity index is 0.000000267. The lowest BCUT2D eigenvalue weighted by Gasteiger charge is -2.38. The van der Waals surface area contributed by atoms with Crippen LogP contribution < -0.4 is 0 Å². The summed E-state index contributed by atoms with van der Waals surface area (Å²) < 4.78 is 17.7. The minimum atomic E-state index is -0.801. The van der Waals surface area contributed by atoms with Crippen molar-refractivity contribution in [1.82, 2.24) is 4.90 Å². The first-order valence-corrected chi connectivity index (χ1v) is 13.6. The van der Waals surface area contributed by atoms with E-state index in [1.54, 1.807) is 13.8 Å². The number of aliphatic hydroxyl groups is 1. The van der Waals surface area contributed by atoms with Crippen LogP contribution in [0.2, 0.25) is 5.02 Å². The second-order valence-electron chi connectivity index (χ2n) is 9.79. The van der Waals surface area contributed by atoms with Gasteiger partial charge in [0.2, 0.25) is 0 Å². The Hall–Kier alpha value is -3.46. The number of piperidine rings is 1. The molecule has 0 aromatic heterocycles. The number of phenolic OH excluding ortho intramolecular Hbond substituents is 2. The number of Topliss-reactive ketones (excluding diaryl/α,β-unsaturated/α-hetero) is 1. The van der Waals surface area contributed by atoms with E-state index in [2.05, 4.69) is 4.90 Å². The van der Waals surface area contributed by atoms with Gasteiger partial charge >= 0.3 is 5.97 Å². The van der Waals surface area contributed by atoms with Gasteiger partial charge in [-0.1, -0.05) is 23.7 Å². The number of aromatic hydroxyl groups is 2. The molecule has 1 aliphatic heterocycles. The van der Waals surface area contributed by atoms with Crippen LogP contribution in [-0.4, -0.2) is 58.2 Å². The van der Waals surface area contributed by atoms with Crippen molar-refractivity contribution >= 4 is 23.4 Å². The number of likely N-dealkylation sites (tertiary alicyclic amines) is 1. The third-order valence-corrected chi connectivity index (χ3v) is 7.14.